The minimum Gasteiger partial charge on any atom is -0.487 e. The molecule has 0 amide bonds. The number of aromatic nitrogens is 2. The molecule has 0 aliphatic heterocycles. The van der Waals surface area contributed by atoms with Gasteiger partial charge in [-0.1, -0.05) is 30.3 Å². The molecule has 4 aromatic rings. The SMILES string of the molecule is Cc1sc(-c2ccccc2)nc1COc1ccc2ccn(CC(=O)O)c2c1. The number of nitrogens with zero attached hydrogens (tertiary/aromatic N) is 2. The molecule has 0 saturated carbocycles. The lowest BCUT2D eigenvalue weighted by atomic mass is 10.2. The molecule has 136 valence electrons. The summed E-state index contributed by atoms with van der Waals surface area (Å²) in [5.74, 6) is -0.174. The van der Waals surface area contributed by atoms with E-state index in [-0.39, 0.29) is 6.54 Å². The average Bonchev–Trinajstić information content (AvgIpc) is 3.24. The van der Waals surface area contributed by atoms with Crippen molar-refractivity contribution in [2.75, 3.05) is 0 Å². The standard InChI is InChI=1S/C21H18N2O3S/c1-14-18(22-21(27-14)16-5-3-2-4-6-16)13-26-17-8-7-15-9-10-23(12-20(24)25)19(15)11-17/h2-11H,12-13H2,1H3,(H,24,25). The lowest BCUT2D eigenvalue weighted by Crippen LogP contribution is -2.07. The van der Waals surface area contributed by atoms with Crippen molar-refractivity contribution in [1.82, 2.24) is 9.55 Å². The molecule has 0 fully saturated rings. The lowest BCUT2D eigenvalue weighted by Gasteiger charge is -2.07. The van der Waals surface area contributed by atoms with Crippen LogP contribution in [0.25, 0.3) is 21.5 Å². The first kappa shape index (κ1) is 17.3. The number of carboxylic acids is 1. The van der Waals surface area contributed by atoms with Gasteiger partial charge in [-0.25, -0.2) is 4.98 Å². The number of hydrogen-bond acceptors (Lipinski definition) is 4. The van der Waals surface area contributed by atoms with Crippen molar-refractivity contribution in [3.8, 4) is 16.3 Å². The quantitative estimate of drug-likeness (QED) is 0.526. The summed E-state index contributed by atoms with van der Waals surface area (Å²) in [5.41, 5.74) is 2.86. The number of carbonyl (C=O) groups is 1. The topological polar surface area (TPSA) is 64.4 Å². The van der Waals surface area contributed by atoms with Crippen LogP contribution in [0.5, 0.6) is 5.75 Å². The zero-order valence-corrected chi connectivity index (χ0v) is 15.6. The molecule has 0 aliphatic rings. The molecule has 2 aromatic heterocycles. The number of aryl methyl sites for hydroxylation is 1. The highest BCUT2D eigenvalue weighted by Gasteiger charge is 2.11. The summed E-state index contributed by atoms with van der Waals surface area (Å²) in [6.45, 7) is 2.35. The van der Waals surface area contributed by atoms with Crippen LogP contribution >= 0.6 is 11.3 Å². The fourth-order valence-electron chi connectivity index (χ4n) is 2.95. The first-order chi connectivity index (χ1) is 13.1. The van der Waals surface area contributed by atoms with E-state index in [1.807, 2.05) is 61.5 Å². The van der Waals surface area contributed by atoms with Gasteiger partial charge in [0.15, 0.2) is 0 Å². The molecular formula is C21H18N2O3S. The van der Waals surface area contributed by atoms with Gasteiger partial charge in [-0.15, -0.1) is 11.3 Å². The second-order valence-corrected chi connectivity index (χ2v) is 7.44. The number of benzene rings is 2. The molecule has 2 aromatic carbocycles. The number of ether oxygens (including phenoxy) is 1. The first-order valence-corrected chi connectivity index (χ1v) is 9.37. The van der Waals surface area contributed by atoms with Gasteiger partial charge in [-0.05, 0) is 30.5 Å². The maximum atomic E-state index is 11.0. The third-order valence-corrected chi connectivity index (χ3v) is 5.40. The van der Waals surface area contributed by atoms with E-state index in [0.717, 1.165) is 32.0 Å². The lowest BCUT2D eigenvalue weighted by molar-refractivity contribution is -0.137. The van der Waals surface area contributed by atoms with E-state index < -0.39 is 5.97 Å². The van der Waals surface area contributed by atoms with E-state index in [1.54, 1.807) is 22.1 Å². The molecule has 0 radical (unpaired) electrons. The average molecular weight is 378 g/mol. The van der Waals surface area contributed by atoms with Gasteiger partial charge in [-0.3, -0.25) is 4.79 Å². The Balaban J connectivity index is 1.53. The predicted octanol–water partition coefficient (Wildman–Crippen LogP) is 4.74. The van der Waals surface area contributed by atoms with Gasteiger partial charge < -0.3 is 14.4 Å². The van der Waals surface area contributed by atoms with Gasteiger partial charge in [0.05, 0.1) is 11.2 Å². The molecule has 0 aliphatic carbocycles. The van der Waals surface area contributed by atoms with Crippen molar-refractivity contribution in [3.05, 3.63) is 71.4 Å². The van der Waals surface area contributed by atoms with Crippen LogP contribution in [0.2, 0.25) is 0 Å². The fraction of sp³-hybridized carbons (Fsp3) is 0.143. The van der Waals surface area contributed by atoms with Crippen molar-refractivity contribution in [2.45, 2.75) is 20.1 Å². The van der Waals surface area contributed by atoms with Gasteiger partial charge >= 0.3 is 5.97 Å². The minimum absolute atomic E-state index is 0.0708. The van der Waals surface area contributed by atoms with Crippen molar-refractivity contribution >= 4 is 28.2 Å². The number of rotatable bonds is 6. The van der Waals surface area contributed by atoms with Crippen LogP contribution in [0.1, 0.15) is 10.6 Å². The largest absolute Gasteiger partial charge is 0.487 e. The molecule has 0 unspecified atom stereocenters. The number of fused-ring (bicyclic) bond motifs is 1. The Kier molecular flexibility index (Phi) is 4.64. The molecule has 1 N–H and O–H groups in total. The van der Waals surface area contributed by atoms with E-state index in [4.69, 9.17) is 14.8 Å². The monoisotopic (exact) mass is 378 g/mol. The highest BCUT2D eigenvalue weighted by molar-refractivity contribution is 7.15. The van der Waals surface area contributed by atoms with Gasteiger partial charge in [0.2, 0.25) is 0 Å². The van der Waals surface area contributed by atoms with Crippen LogP contribution in [-0.4, -0.2) is 20.6 Å². The van der Waals surface area contributed by atoms with Crippen molar-refractivity contribution < 1.29 is 14.6 Å². The molecule has 0 saturated heterocycles. The molecule has 2 heterocycles. The van der Waals surface area contributed by atoms with Crippen LogP contribution < -0.4 is 4.74 Å². The second kappa shape index (κ2) is 7.25. The summed E-state index contributed by atoms with van der Waals surface area (Å²) < 4.78 is 7.64. The number of carboxylic acid groups (broad SMARTS) is 1. The number of hydrogen-bond donors (Lipinski definition) is 1. The summed E-state index contributed by atoms with van der Waals surface area (Å²) in [6.07, 6.45) is 1.78. The van der Waals surface area contributed by atoms with Crippen molar-refractivity contribution in [1.29, 1.82) is 0 Å². The summed E-state index contributed by atoms with van der Waals surface area (Å²) >= 11 is 1.66. The van der Waals surface area contributed by atoms with E-state index in [1.165, 1.54) is 0 Å². The van der Waals surface area contributed by atoms with Crippen LogP contribution in [0, 0.1) is 6.92 Å². The van der Waals surface area contributed by atoms with E-state index in [9.17, 15) is 4.79 Å². The molecule has 4 rings (SSSR count). The second-order valence-electron chi connectivity index (χ2n) is 6.23. The summed E-state index contributed by atoms with van der Waals surface area (Å²) in [6, 6.07) is 17.7. The van der Waals surface area contributed by atoms with Crippen LogP contribution in [0.4, 0.5) is 0 Å². The van der Waals surface area contributed by atoms with E-state index >= 15 is 0 Å². The van der Waals surface area contributed by atoms with Crippen LogP contribution in [0.15, 0.2) is 60.8 Å². The molecule has 0 bridgehead atoms. The zero-order chi connectivity index (χ0) is 18.8. The van der Waals surface area contributed by atoms with E-state index in [2.05, 4.69) is 0 Å². The normalized spacial score (nSPS) is 11.0. The fourth-order valence-corrected chi connectivity index (χ4v) is 3.88. The Morgan fingerprint density at radius 1 is 1.19 bits per heavy atom. The van der Waals surface area contributed by atoms with Crippen molar-refractivity contribution in [2.24, 2.45) is 0 Å². The molecule has 5 nitrogen and oxygen atoms in total. The highest BCUT2D eigenvalue weighted by atomic mass is 32.1. The van der Waals surface area contributed by atoms with Crippen LogP contribution in [0.3, 0.4) is 0 Å². The van der Waals surface area contributed by atoms with Gasteiger partial charge in [0.1, 0.15) is 23.9 Å². The maximum Gasteiger partial charge on any atom is 0.323 e. The first-order valence-electron chi connectivity index (χ1n) is 8.55. The van der Waals surface area contributed by atoms with Gasteiger partial charge in [0, 0.05) is 22.7 Å². The smallest absolute Gasteiger partial charge is 0.323 e. The Hall–Kier alpha value is -3.12. The molecule has 0 spiro atoms. The van der Waals surface area contributed by atoms with Crippen molar-refractivity contribution in [3.63, 3.8) is 0 Å². The molecule has 0 atom stereocenters. The van der Waals surface area contributed by atoms with Crippen LogP contribution in [-0.2, 0) is 17.9 Å². The highest BCUT2D eigenvalue weighted by Crippen LogP contribution is 2.29. The summed E-state index contributed by atoms with van der Waals surface area (Å²) in [4.78, 5) is 16.8. The summed E-state index contributed by atoms with van der Waals surface area (Å²) in [5, 5.41) is 11.0. The molecule has 6 heteroatoms. The third kappa shape index (κ3) is 3.71. The maximum absolute atomic E-state index is 11.0. The Bertz CT molecular complexity index is 1100. The zero-order valence-electron chi connectivity index (χ0n) is 14.8. The Morgan fingerprint density at radius 2 is 2.00 bits per heavy atom. The third-order valence-electron chi connectivity index (χ3n) is 4.34. The molecular weight excluding hydrogens is 360 g/mol. The van der Waals surface area contributed by atoms with Gasteiger partial charge in [0.25, 0.3) is 0 Å². The Labute approximate surface area is 160 Å². The molecule has 27 heavy (non-hydrogen) atoms. The van der Waals surface area contributed by atoms with Gasteiger partial charge in [-0.2, -0.15) is 0 Å². The summed E-state index contributed by atoms with van der Waals surface area (Å²) in [7, 11) is 0. The number of thiazole rings is 1. The minimum atomic E-state index is -0.870. The van der Waals surface area contributed by atoms with E-state index in [0.29, 0.717) is 12.4 Å². The number of aliphatic carboxylic acids is 1. The Morgan fingerprint density at radius 3 is 2.78 bits per heavy atom. The predicted molar refractivity (Wildman–Crippen MR) is 106 cm³/mol.